The number of rotatable bonds is 2. The quantitative estimate of drug-likeness (QED) is 0.616. The summed E-state index contributed by atoms with van der Waals surface area (Å²) in [5.41, 5.74) is 3.60. The number of carbonyl (C=O) groups excluding carboxylic acids is 1. The molecule has 0 aromatic heterocycles. The number of nitrogens with one attached hydrogen (secondary N) is 2. The van der Waals surface area contributed by atoms with Crippen molar-refractivity contribution in [3.63, 3.8) is 0 Å². The average Bonchev–Trinajstić information content (AvgIpc) is 2.60. The first-order valence-electron chi connectivity index (χ1n) is 10.4. The fourth-order valence-corrected chi connectivity index (χ4v) is 5.20. The van der Waals surface area contributed by atoms with Crippen molar-refractivity contribution >= 4 is 34.6 Å². The molecule has 3 rings (SSSR count). The average molecular weight is 424 g/mol. The van der Waals surface area contributed by atoms with Crippen LogP contribution in [0.25, 0.3) is 0 Å². The molecule has 5 heteroatoms. The maximum Gasteiger partial charge on any atom is 0.224 e. The summed E-state index contributed by atoms with van der Waals surface area (Å²) in [6.45, 7) is 14.4. The molecule has 0 aliphatic carbocycles. The van der Waals surface area contributed by atoms with Gasteiger partial charge in [0.05, 0.1) is 0 Å². The van der Waals surface area contributed by atoms with E-state index in [1.807, 2.05) is 23.1 Å². The molecule has 1 aliphatic rings. The van der Waals surface area contributed by atoms with E-state index in [-0.39, 0.29) is 22.4 Å². The number of hydrogen-bond acceptors (Lipinski definition) is 2. The van der Waals surface area contributed by atoms with Gasteiger partial charge in [-0.15, -0.1) is 0 Å². The molecule has 1 unspecified atom stereocenters. The minimum Gasteiger partial charge on any atom is -0.358 e. The highest BCUT2D eigenvalue weighted by atomic mass is 32.1. The Kier molecular flexibility index (Phi) is 5.72. The van der Waals surface area contributed by atoms with E-state index in [1.54, 1.807) is 6.92 Å². The van der Waals surface area contributed by atoms with Gasteiger partial charge in [0.25, 0.3) is 0 Å². The van der Waals surface area contributed by atoms with Crippen LogP contribution in [-0.2, 0) is 10.2 Å². The molecule has 4 nitrogen and oxygen atoms in total. The van der Waals surface area contributed by atoms with E-state index < -0.39 is 0 Å². The topological polar surface area (TPSA) is 44.4 Å². The van der Waals surface area contributed by atoms with Crippen molar-refractivity contribution in [2.75, 3.05) is 10.2 Å². The molecule has 2 aromatic carbocycles. The lowest BCUT2D eigenvalue weighted by molar-refractivity contribution is -0.117. The number of amides is 1. The van der Waals surface area contributed by atoms with Gasteiger partial charge in [-0.25, -0.2) is 0 Å². The van der Waals surface area contributed by atoms with Gasteiger partial charge in [0, 0.05) is 34.8 Å². The zero-order valence-corrected chi connectivity index (χ0v) is 19.9. The molecule has 2 aromatic rings. The third-order valence-electron chi connectivity index (χ3n) is 5.70. The summed E-state index contributed by atoms with van der Waals surface area (Å²) in [6.07, 6.45) is 0.824. The van der Waals surface area contributed by atoms with Gasteiger partial charge in [0.15, 0.2) is 5.11 Å². The van der Waals surface area contributed by atoms with E-state index in [9.17, 15) is 4.79 Å². The molecule has 0 saturated carbocycles. The molecule has 0 fully saturated rings. The zero-order valence-electron chi connectivity index (χ0n) is 19.1. The maximum atomic E-state index is 12.6. The molecule has 0 radical (unpaired) electrons. The van der Waals surface area contributed by atoms with Crippen LogP contribution in [0, 0.1) is 0 Å². The van der Waals surface area contributed by atoms with Crippen molar-refractivity contribution in [2.45, 2.75) is 71.4 Å². The van der Waals surface area contributed by atoms with Crippen LogP contribution in [-0.4, -0.2) is 22.1 Å². The van der Waals surface area contributed by atoms with Gasteiger partial charge < -0.3 is 15.5 Å². The van der Waals surface area contributed by atoms with Crippen LogP contribution >= 0.6 is 12.2 Å². The molecule has 2 N–H and O–H groups in total. The van der Waals surface area contributed by atoms with Crippen molar-refractivity contribution in [1.29, 1.82) is 0 Å². The summed E-state index contributed by atoms with van der Waals surface area (Å²) in [4.78, 5) is 14.6. The third kappa shape index (κ3) is 4.36. The molecular weight excluding hydrogens is 390 g/mol. The fraction of sp³-hybridized carbons (Fsp3) is 0.440. The van der Waals surface area contributed by atoms with Gasteiger partial charge in [-0.3, -0.25) is 4.79 Å². The number of hydrogen-bond donors (Lipinski definition) is 2. The van der Waals surface area contributed by atoms with Gasteiger partial charge in [0.2, 0.25) is 5.91 Å². The molecule has 30 heavy (non-hydrogen) atoms. The first-order chi connectivity index (χ1) is 13.8. The van der Waals surface area contributed by atoms with Crippen LogP contribution in [0.1, 0.15) is 66.0 Å². The Bertz CT molecular complexity index is 962. The third-order valence-corrected chi connectivity index (χ3v) is 5.90. The number of benzene rings is 2. The lowest BCUT2D eigenvalue weighted by atomic mass is 9.65. The van der Waals surface area contributed by atoms with Crippen molar-refractivity contribution in [3.05, 3.63) is 59.7 Å². The Labute approximate surface area is 186 Å². The van der Waals surface area contributed by atoms with Crippen LogP contribution in [0.5, 0.6) is 0 Å². The minimum atomic E-state index is -0.304. The summed E-state index contributed by atoms with van der Waals surface area (Å²) in [6, 6.07) is 16.7. The van der Waals surface area contributed by atoms with Crippen molar-refractivity contribution in [3.8, 4) is 0 Å². The highest BCUT2D eigenvalue weighted by Gasteiger charge is 2.47. The van der Waals surface area contributed by atoms with Gasteiger partial charge in [0.1, 0.15) is 0 Å². The van der Waals surface area contributed by atoms with Crippen LogP contribution in [0.4, 0.5) is 11.4 Å². The monoisotopic (exact) mass is 423 g/mol. The van der Waals surface area contributed by atoms with Gasteiger partial charge >= 0.3 is 0 Å². The molecule has 1 amide bonds. The Morgan fingerprint density at radius 2 is 1.70 bits per heavy atom. The normalized spacial score (nSPS) is 20.3. The number of thiocarbonyl (C=S) groups is 1. The summed E-state index contributed by atoms with van der Waals surface area (Å²) in [5, 5.41) is 7.20. The van der Waals surface area contributed by atoms with Crippen LogP contribution in [0.2, 0.25) is 0 Å². The second kappa shape index (κ2) is 7.69. The number of nitrogens with zero attached hydrogens (tertiary/aromatic N) is 1. The number of carbonyl (C=O) groups is 1. The van der Waals surface area contributed by atoms with E-state index in [4.69, 9.17) is 12.2 Å². The summed E-state index contributed by atoms with van der Waals surface area (Å²) in [5.74, 6) is 0.0574. The summed E-state index contributed by atoms with van der Waals surface area (Å²) < 4.78 is 0. The first-order valence-corrected chi connectivity index (χ1v) is 10.8. The fourth-order valence-electron chi connectivity index (χ4n) is 4.78. The van der Waals surface area contributed by atoms with Gasteiger partial charge in [-0.05, 0) is 82.6 Å². The lowest BCUT2D eigenvalue weighted by Gasteiger charge is -2.51. The molecule has 0 spiro atoms. The highest BCUT2D eigenvalue weighted by Crippen LogP contribution is 2.51. The number of anilines is 2. The van der Waals surface area contributed by atoms with Crippen molar-refractivity contribution in [1.82, 2.24) is 5.32 Å². The number of fused-ring (bicyclic) bond motifs is 1. The Morgan fingerprint density at radius 1 is 1.07 bits per heavy atom. The van der Waals surface area contributed by atoms with E-state index in [1.165, 1.54) is 5.56 Å². The molecule has 1 heterocycles. The maximum absolute atomic E-state index is 12.6. The van der Waals surface area contributed by atoms with Gasteiger partial charge in [-0.1, -0.05) is 37.3 Å². The van der Waals surface area contributed by atoms with E-state index in [0.29, 0.717) is 5.11 Å². The van der Waals surface area contributed by atoms with Crippen molar-refractivity contribution in [2.24, 2.45) is 0 Å². The second-order valence-corrected chi connectivity index (χ2v) is 10.5. The van der Waals surface area contributed by atoms with E-state index >= 15 is 0 Å². The standard InChI is InChI=1S/C25H33N3OS/c1-17(29)28-21-14-13-19(26-22(30)27-23(2,3)4)15-20(21)25(7,16-24(28,5)6)18-11-9-8-10-12-18/h8-15H,16H2,1-7H3,(H2,26,27,30). The lowest BCUT2D eigenvalue weighted by Crippen LogP contribution is -2.55. The van der Waals surface area contributed by atoms with Crippen molar-refractivity contribution < 1.29 is 4.79 Å². The Morgan fingerprint density at radius 3 is 2.27 bits per heavy atom. The molecule has 160 valence electrons. The summed E-state index contributed by atoms with van der Waals surface area (Å²) >= 11 is 5.50. The molecule has 1 aliphatic heterocycles. The highest BCUT2D eigenvalue weighted by molar-refractivity contribution is 7.80. The van der Waals surface area contributed by atoms with Crippen LogP contribution in [0.15, 0.2) is 48.5 Å². The van der Waals surface area contributed by atoms with Crippen LogP contribution < -0.4 is 15.5 Å². The molecule has 1 atom stereocenters. The van der Waals surface area contributed by atoms with E-state index in [0.717, 1.165) is 23.4 Å². The smallest absolute Gasteiger partial charge is 0.224 e. The van der Waals surface area contributed by atoms with Gasteiger partial charge in [-0.2, -0.15) is 0 Å². The summed E-state index contributed by atoms with van der Waals surface area (Å²) in [7, 11) is 0. The molecular formula is C25H33N3OS. The Balaban J connectivity index is 2.12. The minimum absolute atomic E-state index is 0.0574. The predicted molar refractivity (Wildman–Crippen MR) is 130 cm³/mol. The molecule has 0 bridgehead atoms. The zero-order chi connectivity index (χ0) is 22.3. The SMILES string of the molecule is CC(=O)N1c2ccc(NC(=S)NC(C)(C)C)cc2C(C)(c2ccccc2)CC1(C)C. The second-order valence-electron chi connectivity index (χ2n) is 10.1. The predicted octanol–water partition coefficient (Wildman–Crippen LogP) is 5.61. The largest absolute Gasteiger partial charge is 0.358 e. The van der Waals surface area contributed by atoms with Crippen LogP contribution in [0.3, 0.4) is 0 Å². The Hall–Kier alpha value is -2.40. The first kappa shape index (κ1) is 22.3. The van der Waals surface area contributed by atoms with E-state index in [2.05, 4.69) is 82.5 Å². The molecule has 0 saturated heterocycles.